The predicted octanol–water partition coefficient (Wildman–Crippen LogP) is 3.97. The number of amides is 1. The van der Waals surface area contributed by atoms with Gasteiger partial charge in [0, 0.05) is 18.0 Å². The van der Waals surface area contributed by atoms with E-state index in [0.29, 0.717) is 16.4 Å². The Kier molecular flexibility index (Phi) is 5.43. The summed E-state index contributed by atoms with van der Waals surface area (Å²) in [5.41, 5.74) is 2.07. The van der Waals surface area contributed by atoms with Crippen molar-refractivity contribution < 1.29 is 9.18 Å². The normalized spacial score (nSPS) is 11.5. The molecule has 2 aromatic heterocycles. The van der Waals surface area contributed by atoms with Crippen LogP contribution in [0.3, 0.4) is 0 Å². The first-order chi connectivity index (χ1) is 13.0. The highest BCUT2D eigenvalue weighted by atomic mass is 35.5. The van der Waals surface area contributed by atoms with Gasteiger partial charge in [-0.3, -0.25) is 14.8 Å². The molecular formula is C20H14ClFN4O. The molecule has 134 valence electrons. The predicted molar refractivity (Wildman–Crippen MR) is 98.6 cm³/mol. The lowest BCUT2D eigenvalue weighted by atomic mass is 10.1. The summed E-state index contributed by atoms with van der Waals surface area (Å²) >= 11 is 5.90. The Hall–Kier alpha value is -3.30. The Morgan fingerprint density at radius 3 is 2.41 bits per heavy atom. The van der Waals surface area contributed by atoms with E-state index in [1.165, 1.54) is 18.3 Å². The SMILES string of the molecule is Cc1ccc([C@H](NC(=O)c2ccc(C#N)c(F)c2)c2ccc(Cl)cn2)nc1. The number of halogens is 2. The zero-order valence-corrected chi connectivity index (χ0v) is 15.0. The molecule has 0 aliphatic rings. The molecule has 1 amide bonds. The van der Waals surface area contributed by atoms with Gasteiger partial charge in [0.05, 0.1) is 22.0 Å². The van der Waals surface area contributed by atoms with Crippen molar-refractivity contribution in [3.63, 3.8) is 0 Å². The van der Waals surface area contributed by atoms with Crippen LogP contribution in [-0.2, 0) is 0 Å². The lowest BCUT2D eigenvalue weighted by molar-refractivity contribution is 0.0941. The number of nitrogens with one attached hydrogen (secondary N) is 1. The zero-order chi connectivity index (χ0) is 19.4. The average Bonchev–Trinajstić information content (AvgIpc) is 2.67. The first kappa shape index (κ1) is 18.5. The van der Waals surface area contributed by atoms with E-state index in [1.54, 1.807) is 30.5 Å². The lowest BCUT2D eigenvalue weighted by Gasteiger charge is -2.18. The molecule has 7 heteroatoms. The monoisotopic (exact) mass is 380 g/mol. The summed E-state index contributed by atoms with van der Waals surface area (Å²) in [5, 5.41) is 12.1. The standard InChI is InChI=1S/C20H14ClFN4O/c1-12-2-6-17(24-10-12)19(18-7-5-15(21)11-25-18)26-20(27)13-3-4-14(9-23)16(22)8-13/h2-8,10-11,19H,1H3,(H,26,27)/t19-/m0/s1. The number of hydrogen-bond donors (Lipinski definition) is 1. The maximum absolute atomic E-state index is 13.8. The van der Waals surface area contributed by atoms with E-state index < -0.39 is 17.8 Å². The van der Waals surface area contributed by atoms with Crippen molar-refractivity contribution in [2.75, 3.05) is 0 Å². The molecule has 2 heterocycles. The first-order valence-electron chi connectivity index (χ1n) is 8.02. The van der Waals surface area contributed by atoms with E-state index in [1.807, 2.05) is 13.0 Å². The highest BCUT2D eigenvalue weighted by molar-refractivity contribution is 6.30. The molecule has 0 spiro atoms. The van der Waals surface area contributed by atoms with Crippen molar-refractivity contribution in [3.8, 4) is 6.07 Å². The van der Waals surface area contributed by atoms with Gasteiger partial charge in [-0.25, -0.2) is 4.39 Å². The third-order valence-corrected chi connectivity index (χ3v) is 4.13. The van der Waals surface area contributed by atoms with Gasteiger partial charge >= 0.3 is 0 Å². The topological polar surface area (TPSA) is 78.7 Å². The number of aromatic nitrogens is 2. The molecule has 0 bridgehead atoms. The zero-order valence-electron chi connectivity index (χ0n) is 14.3. The Balaban J connectivity index is 1.94. The van der Waals surface area contributed by atoms with Crippen molar-refractivity contribution in [3.05, 3.63) is 93.8 Å². The minimum absolute atomic E-state index is 0.0950. The molecule has 0 unspecified atom stereocenters. The van der Waals surface area contributed by atoms with Gasteiger partial charge in [-0.1, -0.05) is 17.7 Å². The second kappa shape index (κ2) is 7.94. The average molecular weight is 381 g/mol. The summed E-state index contributed by atoms with van der Waals surface area (Å²) in [5.74, 6) is -1.26. The molecule has 0 radical (unpaired) electrons. The number of hydrogen-bond acceptors (Lipinski definition) is 4. The summed E-state index contributed by atoms with van der Waals surface area (Å²) < 4.78 is 13.8. The Labute approximate surface area is 160 Å². The molecule has 3 aromatic rings. The van der Waals surface area contributed by atoms with Gasteiger partial charge in [0.15, 0.2) is 0 Å². The van der Waals surface area contributed by atoms with Crippen LogP contribution in [0.15, 0.2) is 54.9 Å². The Morgan fingerprint density at radius 1 is 1.15 bits per heavy atom. The number of pyridine rings is 2. The first-order valence-corrected chi connectivity index (χ1v) is 8.40. The third-order valence-electron chi connectivity index (χ3n) is 3.90. The van der Waals surface area contributed by atoms with Crippen molar-refractivity contribution in [2.24, 2.45) is 0 Å². The summed E-state index contributed by atoms with van der Waals surface area (Å²) in [6.45, 7) is 1.91. The third kappa shape index (κ3) is 4.27. The Morgan fingerprint density at radius 2 is 1.85 bits per heavy atom. The van der Waals surface area contributed by atoms with Crippen LogP contribution in [0, 0.1) is 24.1 Å². The summed E-state index contributed by atoms with van der Waals surface area (Å²) in [6.07, 6.45) is 3.16. The van der Waals surface area contributed by atoms with Crippen LogP contribution in [0.5, 0.6) is 0 Å². The molecule has 0 aliphatic carbocycles. The number of rotatable bonds is 4. The fourth-order valence-electron chi connectivity index (χ4n) is 2.47. The number of nitriles is 1. The van der Waals surface area contributed by atoms with Crippen LogP contribution in [0.1, 0.15) is 38.9 Å². The van der Waals surface area contributed by atoms with Crippen LogP contribution in [-0.4, -0.2) is 15.9 Å². The van der Waals surface area contributed by atoms with E-state index >= 15 is 0 Å². The molecule has 1 N–H and O–H groups in total. The van der Waals surface area contributed by atoms with Crippen molar-refractivity contribution in [1.29, 1.82) is 5.26 Å². The van der Waals surface area contributed by atoms with Crippen LogP contribution >= 0.6 is 11.6 Å². The molecule has 1 atom stereocenters. The van der Waals surface area contributed by atoms with Gasteiger partial charge in [-0.15, -0.1) is 0 Å². The van der Waals surface area contributed by atoms with Crippen LogP contribution in [0.2, 0.25) is 5.02 Å². The van der Waals surface area contributed by atoms with Gasteiger partial charge in [0.2, 0.25) is 0 Å². The maximum Gasteiger partial charge on any atom is 0.252 e. The number of carbonyl (C=O) groups is 1. The highest BCUT2D eigenvalue weighted by Crippen LogP contribution is 2.21. The van der Waals surface area contributed by atoms with E-state index in [0.717, 1.165) is 11.6 Å². The molecule has 0 saturated carbocycles. The van der Waals surface area contributed by atoms with Gasteiger partial charge in [0.25, 0.3) is 5.91 Å². The van der Waals surface area contributed by atoms with Crippen LogP contribution < -0.4 is 5.32 Å². The molecule has 27 heavy (non-hydrogen) atoms. The van der Waals surface area contributed by atoms with Gasteiger partial charge in [-0.2, -0.15) is 5.26 Å². The van der Waals surface area contributed by atoms with Gasteiger partial charge in [0.1, 0.15) is 17.9 Å². The molecule has 0 saturated heterocycles. The van der Waals surface area contributed by atoms with E-state index in [2.05, 4.69) is 15.3 Å². The second-order valence-electron chi connectivity index (χ2n) is 5.87. The smallest absolute Gasteiger partial charge is 0.252 e. The summed E-state index contributed by atoms with van der Waals surface area (Å²) in [7, 11) is 0. The summed E-state index contributed by atoms with van der Waals surface area (Å²) in [4.78, 5) is 21.3. The largest absolute Gasteiger partial charge is 0.338 e. The maximum atomic E-state index is 13.8. The van der Waals surface area contributed by atoms with Crippen molar-refractivity contribution in [1.82, 2.24) is 15.3 Å². The minimum Gasteiger partial charge on any atom is -0.338 e. The molecular weight excluding hydrogens is 367 g/mol. The van der Waals surface area contributed by atoms with Crippen molar-refractivity contribution in [2.45, 2.75) is 13.0 Å². The quantitative estimate of drug-likeness (QED) is 0.742. The van der Waals surface area contributed by atoms with Crippen LogP contribution in [0.4, 0.5) is 4.39 Å². The fourth-order valence-corrected chi connectivity index (χ4v) is 2.58. The van der Waals surface area contributed by atoms with Crippen molar-refractivity contribution >= 4 is 17.5 Å². The number of aryl methyl sites for hydroxylation is 1. The lowest BCUT2D eigenvalue weighted by Crippen LogP contribution is -2.30. The van der Waals surface area contributed by atoms with E-state index in [4.69, 9.17) is 16.9 Å². The minimum atomic E-state index is -0.750. The fraction of sp³-hybridized carbons (Fsp3) is 0.100. The molecule has 0 fully saturated rings. The van der Waals surface area contributed by atoms with Gasteiger partial charge in [-0.05, 0) is 48.9 Å². The van der Waals surface area contributed by atoms with E-state index in [-0.39, 0.29) is 11.1 Å². The van der Waals surface area contributed by atoms with E-state index in [9.17, 15) is 9.18 Å². The number of nitrogens with zero attached hydrogens (tertiary/aromatic N) is 3. The molecule has 5 nitrogen and oxygen atoms in total. The molecule has 0 aliphatic heterocycles. The highest BCUT2D eigenvalue weighted by Gasteiger charge is 2.21. The Bertz CT molecular complexity index is 968. The van der Waals surface area contributed by atoms with Crippen LogP contribution in [0.25, 0.3) is 0 Å². The molecule has 3 rings (SSSR count). The number of benzene rings is 1. The molecule has 1 aromatic carbocycles. The second-order valence-corrected chi connectivity index (χ2v) is 6.31. The summed E-state index contributed by atoms with van der Waals surface area (Å²) in [6, 6.07) is 11.8. The van der Waals surface area contributed by atoms with Gasteiger partial charge < -0.3 is 5.32 Å². The number of carbonyl (C=O) groups excluding carboxylic acids is 1.